The predicted octanol–water partition coefficient (Wildman–Crippen LogP) is 1.81. The summed E-state index contributed by atoms with van der Waals surface area (Å²) in [5.74, 6) is 0.751. The lowest BCUT2D eigenvalue weighted by Gasteiger charge is -2.23. The maximum absolute atomic E-state index is 10.3. The van der Waals surface area contributed by atoms with Crippen molar-refractivity contribution in [3.63, 3.8) is 0 Å². The molecule has 0 radical (unpaired) electrons. The van der Waals surface area contributed by atoms with Gasteiger partial charge in [-0.05, 0) is 26.7 Å². The van der Waals surface area contributed by atoms with E-state index in [1.165, 1.54) is 4.88 Å². The van der Waals surface area contributed by atoms with Crippen molar-refractivity contribution in [2.24, 2.45) is 4.99 Å². The molecule has 1 aromatic rings. The fourth-order valence-corrected chi connectivity index (χ4v) is 3.13. The van der Waals surface area contributed by atoms with Crippen LogP contribution in [0.25, 0.3) is 0 Å². The number of hydrogen-bond donors (Lipinski definition) is 3. The molecule has 1 fully saturated rings. The van der Waals surface area contributed by atoms with Crippen molar-refractivity contribution in [1.29, 1.82) is 0 Å². The number of nitrogens with zero attached hydrogens (tertiary/aromatic N) is 2. The second-order valence-electron chi connectivity index (χ2n) is 5.34. The van der Waals surface area contributed by atoms with E-state index in [2.05, 4.69) is 20.6 Å². The number of aromatic nitrogens is 1. The molecule has 0 aliphatic heterocycles. The minimum atomic E-state index is -0.562. The van der Waals surface area contributed by atoms with Crippen LogP contribution in [0.1, 0.15) is 42.5 Å². The van der Waals surface area contributed by atoms with Crippen LogP contribution in [0.5, 0.6) is 0 Å². The summed E-state index contributed by atoms with van der Waals surface area (Å²) in [6.45, 7) is 6.03. The maximum atomic E-state index is 10.3. The molecule has 1 heterocycles. The van der Waals surface area contributed by atoms with Crippen LogP contribution in [0.4, 0.5) is 0 Å². The average molecular weight is 296 g/mol. The van der Waals surface area contributed by atoms with Crippen molar-refractivity contribution in [2.75, 3.05) is 13.1 Å². The third-order valence-electron chi connectivity index (χ3n) is 3.50. The number of thiazole rings is 1. The molecule has 20 heavy (non-hydrogen) atoms. The summed E-state index contributed by atoms with van der Waals surface area (Å²) in [4.78, 5) is 10.0. The van der Waals surface area contributed by atoms with Crippen LogP contribution in [0.2, 0.25) is 0 Å². The second-order valence-corrected chi connectivity index (χ2v) is 6.66. The van der Waals surface area contributed by atoms with Gasteiger partial charge in [-0.2, -0.15) is 0 Å². The topological polar surface area (TPSA) is 69.5 Å². The van der Waals surface area contributed by atoms with Gasteiger partial charge in [0.05, 0.1) is 12.1 Å². The molecule has 6 heteroatoms. The summed E-state index contributed by atoms with van der Waals surface area (Å²) >= 11 is 1.67. The van der Waals surface area contributed by atoms with Gasteiger partial charge >= 0.3 is 0 Å². The number of hydrogen-bond acceptors (Lipinski definition) is 4. The van der Waals surface area contributed by atoms with Gasteiger partial charge in [0.1, 0.15) is 5.01 Å². The highest BCUT2D eigenvalue weighted by Crippen LogP contribution is 2.28. The number of nitrogens with one attached hydrogen (secondary N) is 2. The summed E-state index contributed by atoms with van der Waals surface area (Å²) in [7, 11) is 0. The Morgan fingerprint density at radius 3 is 2.80 bits per heavy atom. The molecule has 0 saturated heterocycles. The fraction of sp³-hybridized carbons (Fsp3) is 0.714. The zero-order valence-electron chi connectivity index (χ0n) is 12.3. The molecule has 0 aromatic carbocycles. The van der Waals surface area contributed by atoms with E-state index >= 15 is 0 Å². The van der Waals surface area contributed by atoms with E-state index in [1.807, 2.05) is 20.0 Å². The Balaban J connectivity index is 1.88. The summed E-state index contributed by atoms with van der Waals surface area (Å²) in [6.07, 6.45) is 5.86. The van der Waals surface area contributed by atoms with Crippen LogP contribution >= 0.6 is 11.3 Å². The molecule has 1 saturated carbocycles. The van der Waals surface area contributed by atoms with E-state index in [1.54, 1.807) is 11.3 Å². The number of aryl methyl sites for hydroxylation is 1. The summed E-state index contributed by atoms with van der Waals surface area (Å²) in [5.41, 5.74) is -0.562. The molecule has 0 bridgehead atoms. The Morgan fingerprint density at radius 2 is 2.20 bits per heavy atom. The average Bonchev–Trinajstić information content (AvgIpc) is 3.03. The van der Waals surface area contributed by atoms with Gasteiger partial charge in [0.15, 0.2) is 5.96 Å². The smallest absolute Gasteiger partial charge is 0.191 e. The van der Waals surface area contributed by atoms with Crippen LogP contribution in [-0.4, -0.2) is 34.7 Å². The second kappa shape index (κ2) is 7.04. The largest absolute Gasteiger partial charge is 0.388 e. The van der Waals surface area contributed by atoms with Crippen LogP contribution < -0.4 is 10.6 Å². The van der Waals surface area contributed by atoms with Gasteiger partial charge in [-0.15, -0.1) is 11.3 Å². The molecular formula is C14H24N4OS. The monoisotopic (exact) mass is 296 g/mol. The van der Waals surface area contributed by atoms with Crippen molar-refractivity contribution >= 4 is 17.3 Å². The highest BCUT2D eigenvalue weighted by Gasteiger charge is 2.30. The third-order valence-corrected chi connectivity index (χ3v) is 4.40. The first-order valence-electron chi connectivity index (χ1n) is 7.27. The number of aliphatic imine (C=N–C) groups is 1. The standard InChI is InChI=1S/C14H24N4OS/c1-3-15-13(17-9-12-16-8-11(2)20-12)18-10-14(19)6-4-5-7-14/h8,19H,3-7,9-10H2,1-2H3,(H2,15,17,18). The Kier molecular flexibility index (Phi) is 5.37. The van der Waals surface area contributed by atoms with Gasteiger partial charge < -0.3 is 15.7 Å². The van der Waals surface area contributed by atoms with Gasteiger partial charge in [0.25, 0.3) is 0 Å². The van der Waals surface area contributed by atoms with Gasteiger partial charge in [0.2, 0.25) is 0 Å². The molecule has 1 aliphatic carbocycles. The SMILES string of the molecule is CCNC(=NCc1ncc(C)s1)NCC1(O)CCCC1. The van der Waals surface area contributed by atoms with E-state index in [-0.39, 0.29) is 0 Å². The van der Waals surface area contributed by atoms with Crippen LogP contribution in [0.15, 0.2) is 11.2 Å². The van der Waals surface area contributed by atoms with E-state index in [9.17, 15) is 5.11 Å². The lowest BCUT2D eigenvalue weighted by molar-refractivity contribution is 0.0522. The van der Waals surface area contributed by atoms with Crippen molar-refractivity contribution in [2.45, 2.75) is 51.7 Å². The summed E-state index contributed by atoms with van der Waals surface area (Å²) < 4.78 is 0. The van der Waals surface area contributed by atoms with Gasteiger partial charge in [-0.25, -0.2) is 9.98 Å². The zero-order valence-corrected chi connectivity index (χ0v) is 13.1. The van der Waals surface area contributed by atoms with Crippen molar-refractivity contribution < 1.29 is 5.11 Å². The first-order valence-corrected chi connectivity index (χ1v) is 8.09. The molecule has 3 N–H and O–H groups in total. The van der Waals surface area contributed by atoms with E-state index in [4.69, 9.17) is 0 Å². The minimum absolute atomic E-state index is 0.562. The zero-order chi connectivity index (χ0) is 14.4. The maximum Gasteiger partial charge on any atom is 0.191 e. The van der Waals surface area contributed by atoms with E-state index < -0.39 is 5.60 Å². The normalized spacial score (nSPS) is 18.2. The Hall–Kier alpha value is -1.14. The molecule has 0 unspecified atom stereocenters. The molecule has 5 nitrogen and oxygen atoms in total. The molecule has 1 aromatic heterocycles. The van der Waals surface area contributed by atoms with Crippen molar-refractivity contribution in [3.05, 3.63) is 16.1 Å². The van der Waals surface area contributed by atoms with E-state index in [0.29, 0.717) is 13.1 Å². The number of guanidine groups is 1. The molecule has 0 spiro atoms. The van der Waals surface area contributed by atoms with Crippen molar-refractivity contribution in [3.8, 4) is 0 Å². The van der Waals surface area contributed by atoms with Crippen LogP contribution in [-0.2, 0) is 6.54 Å². The van der Waals surface area contributed by atoms with Gasteiger partial charge in [-0.3, -0.25) is 0 Å². The highest BCUT2D eigenvalue weighted by molar-refractivity contribution is 7.11. The first-order chi connectivity index (χ1) is 9.61. The third kappa shape index (κ3) is 4.45. The van der Waals surface area contributed by atoms with E-state index in [0.717, 1.165) is 43.2 Å². The minimum Gasteiger partial charge on any atom is -0.388 e. The Labute approximate surface area is 124 Å². The van der Waals surface area contributed by atoms with Gasteiger partial charge in [0, 0.05) is 24.2 Å². The summed E-state index contributed by atoms with van der Waals surface area (Å²) in [5, 5.41) is 17.8. The molecule has 0 atom stereocenters. The van der Waals surface area contributed by atoms with Crippen LogP contribution in [0, 0.1) is 6.92 Å². The molecule has 2 rings (SSSR count). The van der Waals surface area contributed by atoms with Crippen LogP contribution in [0.3, 0.4) is 0 Å². The Bertz CT molecular complexity index is 452. The predicted molar refractivity (Wildman–Crippen MR) is 83.1 cm³/mol. The Morgan fingerprint density at radius 1 is 1.45 bits per heavy atom. The fourth-order valence-electron chi connectivity index (χ4n) is 2.42. The summed E-state index contributed by atoms with van der Waals surface area (Å²) in [6, 6.07) is 0. The van der Waals surface area contributed by atoms with Gasteiger partial charge in [-0.1, -0.05) is 12.8 Å². The number of rotatable bonds is 5. The molecule has 112 valence electrons. The molecular weight excluding hydrogens is 272 g/mol. The quantitative estimate of drug-likeness (QED) is 0.572. The number of aliphatic hydroxyl groups is 1. The molecule has 0 amide bonds. The first kappa shape index (κ1) is 15.3. The van der Waals surface area contributed by atoms with Crippen molar-refractivity contribution in [1.82, 2.24) is 15.6 Å². The lowest BCUT2D eigenvalue weighted by Crippen LogP contribution is -2.46. The lowest BCUT2D eigenvalue weighted by atomic mass is 10.0. The highest BCUT2D eigenvalue weighted by atomic mass is 32.1. The molecule has 1 aliphatic rings.